The topological polar surface area (TPSA) is 158 Å². The van der Waals surface area contributed by atoms with Gasteiger partial charge in [-0.15, -0.1) is 0 Å². The van der Waals surface area contributed by atoms with Crippen LogP contribution in [0.1, 0.15) is 48.9 Å². The smallest absolute Gasteiger partial charge is 0.328 e. The van der Waals surface area contributed by atoms with Crippen LogP contribution in [0.4, 0.5) is 25.1 Å². The molecule has 0 bridgehead atoms. The number of ether oxygens (including phenoxy) is 1. The molecule has 5 aromatic rings. The lowest BCUT2D eigenvalue weighted by Crippen LogP contribution is -2.69. The number of piperidine rings is 1. The number of imide groups is 1. The van der Waals surface area contributed by atoms with E-state index in [1.807, 2.05) is 57.9 Å². The first-order valence-corrected chi connectivity index (χ1v) is 20.7. The number of anilines is 2. The molecule has 3 N–H and O–H groups in total. The van der Waals surface area contributed by atoms with E-state index in [4.69, 9.17) is 31.4 Å². The molecule has 0 radical (unpaired) electrons. The quantitative estimate of drug-likeness (QED) is 0.156. The van der Waals surface area contributed by atoms with Crippen molar-refractivity contribution in [2.45, 2.75) is 51.1 Å². The average Bonchev–Trinajstić information content (AvgIpc) is 3.88. The minimum Gasteiger partial charge on any atom is -0.400 e. The van der Waals surface area contributed by atoms with E-state index in [9.17, 15) is 14.4 Å². The molecular weight excluding hydrogens is 808 g/mol. The number of likely N-dealkylation sites (tertiary alicyclic amines) is 2. The predicted octanol–water partition coefficient (Wildman–Crippen LogP) is 6.21. The minimum atomic E-state index is -2.88. The van der Waals surface area contributed by atoms with Crippen molar-refractivity contribution < 1.29 is 33.0 Å². The second-order valence-corrected chi connectivity index (χ2v) is 16.7. The Balaban J connectivity index is 0.00000253. The van der Waals surface area contributed by atoms with Crippen molar-refractivity contribution in [3.8, 4) is 22.5 Å². The van der Waals surface area contributed by atoms with Gasteiger partial charge in [0.1, 0.15) is 5.82 Å². The Kier molecular flexibility index (Phi) is 11.9. The van der Waals surface area contributed by atoms with Crippen molar-refractivity contribution in [1.29, 1.82) is 0 Å². The van der Waals surface area contributed by atoms with Gasteiger partial charge in [-0.2, -0.15) is 0 Å². The summed E-state index contributed by atoms with van der Waals surface area (Å²) >= 11 is 6.42. The molecule has 9 rings (SSSR count). The molecule has 14 nitrogen and oxygen atoms in total. The summed E-state index contributed by atoms with van der Waals surface area (Å²) in [5, 5.41) is 13.4. The molecule has 0 aliphatic carbocycles. The summed E-state index contributed by atoms with van der Waals surface area (Å²) in [5.41, 5.74) is 6.23. The monoisotopic (exact) mass is 855 g/mol. The molecule has 4 aliphatic heterocycles. The molecule has 4 amide bonds. The van der Waals surface area contributed by atoms with Crippen LogP contribution in [0.5, 0.6) is 0 Å². The van der Waals surface area contributed by atoms with Crippen LogP contribution < -0.4 is 15.5 Å². The van der Waals surface area contributed by atoms with Gasteiger partial charge in [0, 0.05) is 107 Å². The van der Waals surface area contributed by atoms with Crippen LogP contribution in [0.3, 0.4) is 0 Å². The number of aromatic nitrogens is 4. The number of amides is 4. The van der Waals surface area contributed by atoms with Crippen LogP contribution in [0.2, 0.25) is 5.02 Å². The van der Waals surface area contributed by atoms with Crippen molar-refractivity contribution in [3.63, 3.8) is 0 Å². The zero-order valence-electron chi connectivity index (χ0n) is 34.3. The van der Waals surface area contributed by atoms with Crippen LogP contribution in [0.15, 0.2) is 67.1 Å². The van der Waals surface area contributed by atoms with Gasteiger partial charge in [-0.25, -0.2) is 18.6 Å². The lowest BCUT2D eigenvalue weighted by atomic mass is 9.69. The summed E-state index contributed by atoms with van der Waals surface area (Å²) in [5.74, 6) is -2.82. The number of aryl methyl sites for hydroxylation is 1. The number of urea groups is 1. The molecule has 61 heavy (non-hydrogen) atoms. The number of hydrogen-bond donors (Lipinski definition) is 3. The van der Waals surface area contributed by atoms with Crippen LogP contribution >= 0.6 is 11.6 Å². The Morgan fingerprint density at radius 1 is 0.984 bits per heavy atom. The fraction of sp³-hybridized carbons (Fsp3) is 0.409. The zero-order chi connectivity index (χ0) is 43.1. The van der Waals surface area contributed by atoms with Gasteiger partial charge >= 0.3 is 6.03 Å². The maximum absolute atomic E-state index is 16.0. The third kappa shape index (κ3) is 8.60. The standard InChI is InChI=1S/C43H44ClF2N9O4.CH4O/c1-26(56)49-39-16-31-32(21-52(2)38(31)18-48-39)36-15-30(14-35(50-36)29-8-12-59-22-29)34-6-4-28(17-47-34)20-53-11-9-42(43(45,46)25-53)23-54(24-42)19-27-3-5-33(44)37(13-27)55-10-7-40(57)51-41(55)58;1-2/h3-6,13-18,21,29H,7-12,19-20,22-25H2,1-2H3,(H,48,49,56)(H,51,57,58);2H,1H3. The third-order valence-electron chi connectivity index (χ3n) is 12.1. The number of nitrogens with zero attached hydrogens (tertiary/aromatic N) is 7. The molecule has 1 atom stereocenters. The Morgan fingerprint density at radius 3 is 2.48 bits per heavy atom. The third-order valence-corrected chi connectivity index (χ3v) is 12.4. The number of carbonyl (C=O) groups is 3. The van der Waals surface area contributed by atoms with Crippen LogP contribution in [-0.4, -0.2) is 111 Å². The Morgan fingerprint density at radius 2 is 1.77 bits per heavy atom. The highest BCUT2D eigenvalue weighted by Crippen LogP contribution is 2.51. The summed E-state index contributed by atoms with van der Waals surface area (Å²) in [7, 11) is 2.95. The summed E-state index contributed by atoms with van der Waals surface area (Å²) < 4.78 is 39.7. The van der Waals surface area contributed by atoms with Crippen molar-refractivity contribution in [2.75, 3.05) is 63.3 Å². The number of carbonyl (C=O) groups excluding carboxylic acids is 3. The van der Waals surface area contributed by atoms with Crippen molar-refractivity contribution in [2.24, 2.45) is 12.5 Å². The molecule has 4 saturated heterocycles. The van der Waals surface area contributed by atoms with Crippen molar-refractivity contribution in [1.82, 2.24) is 34.6 Å². The summed E-state index contributed by atoms with van der Waals surface area (Å²) in [6.45, 7) is 4.50. The summed E-state index contributed by atoms with van der Waals surface area (Å²) in [6, 6.07) is 14.7. The van der Waals surface area contributed by atoms with Crippen LogP contribution in [0, 0.1) is 5.41 Å². The second-order valence-electron chi connectivity index (χ2n) is 16.3. The first-order valence-electron chi connectivity index (χ1n) is 20.3. The number of aliphatic hydroxyl groups excluding tert-OH is 1. The highest BCUT2D eigenvalue weighted by Gasteiger charge is 2.62. The number of pyridine rings is 3. The van der Waals surface area contributed by atoms with E-state index in [1.54, 1.807) is 24.5 Å². The van der Waals surface area contributed by atoms with Crippen molar-refractivity contribution >= 4 is 51.9 Å². The lowest BCUT2D eigenvalue weighted by molar-refractivity contribution is -0.227. The first-order chi connectivity index (χ1) is 29.3. The second kappa shape index (κ2) is 17.2. The number of aliphatic hydroxyl groups is 1. The number of halogens is 3. The Labute approximate surface area is 356 Å². The number of fused-ring (bicyclic) bond motifs is 1. The molecule has 1 unspecified atom stereocenters. The SMILES string of the molecule is CC(=O)Nc1cc2c(-c3cc(-c4ccc(CN5CCC6(CN(Cc7ccc(Cl)c(N8CCC(=O)NC8=O)c7)C6)C(F)(F)C5)cn4)cc(C4CCOC4)n3)cn(C)c2cn1.CO. The van der Waals surface area contributed by atoms with E-state index in [1.165, 1.54) is 11.8 Å². The van der Waals surface area contributed by atoms with Gasteiger partial charge in [0.25, 0.3) is 5.92 Å². The molecule has 1 aromatic carbocycles. The van der Waals surface area contributed by atoms with Crippen molar-refractivity contribution in [3.05, 3.63) is 89.0 Å². The Bertz CT molecular complexity index is 2470. The average molecular weight is 856 g/mol. The number of benzene rings is 1. The van der Waals surface area contributed by atoms with E-state index < -0.39 is 17.4 Å². The van der Waals surface area contributed by atoms with Gasteiger partial charge in [0.2, 0.25) is 11.8 Å². The Hall–Kier alpha value is -5.39. The van der Waals surface area contributed by atoms with E-state index in [2.05, 4.69) is 21.7 Å². The molecular formula is C44H48ClF2N9O5. The molecule has 320 valence electrons. The van der Waals surface area contributed by atoms with Crippen LogP contribution in [0.25, 0.3) is 33.4 Å². The molecule has 8 heterocycles. The highest BCUT2D eigenvalue weighted by atomic mass is 35.5. The van der Waals surface area contributed by atoms with Gasteiger partial charge in [0.15, 0.2) is 0 Å². The number of hydrogen-bond acceptors (Lipinski definition) is 10. The summed E-state index contributed by atoms with van der Waals surface area (Å²) in [6.07, 6.45) is 6.94. The molecule has 17 heteroatoms. The normalized spacial score (nSPS) is 20.0. The zero-order valence-corrected chi connectivity index (χ0v) is 35.0. The van der Waals surface area contributed by atoms with Gasteiger partial charge in [-0.3, -0.25) is 39.6 Å². The summed E-state index contributed by atoms with van der Waals surface area (Å²) in [4.78, 5) is 55.5. The van der Waals surface area contributed by atoms with E-state index in [0.29, 0.717) is 55.8 Å². The largest absolute Gasteiger partial charge is 0.400 e. The maximum Gasteiger partial charge on any atom is 0.328 e. The molecule has 4 fully saturated rings. The number of alkyl halides is 2. The molecule has 0 saturated carbocycles. The fourth-order valence-electron chi connectivity index (χ4n) is 8.94. The number of nitrogens with one attached hydrogen (secondary N) is 2. The fourth-order valence-corrected chi connectivity index (χ4v) is 9.16. The molecule has 4 aromatic heterocycles. The molecule has 1 spiro atoms. The van der Waals surface area contributed by atoms with Gasteiger partial charge < -0.3 is 19.7 Å². The molecule has 4 aliphatic rings. The minimum absolute atomic E-state index is 0.139. The predicted molar refractivity (Wildman–Crippen MR) is 227 cm³/mol. The number of rotatable bonds is 9. The van der Waals surface area contributed by atoms with Crippen LogP contribution in [-0.2, 0) is 34.5 Å². The first kappa shape index (κ1) is 42.3. The van der Waals surface area contributed by atoms with E-state index in [-0.39, 0.29) is 50.3 Å². The highest BCUT2D eigenvalue weighted by molar-refractivity contribution is 6.34. The van der Waals surface area contributed by atoms with Gasteiger partial charge in [-0.05, 0) is 66.9 Å². The lowest BCUT2D eigenvalue weighted by Gasteiger charge is -2.57. The van der Waals surface area contributed by atoms with E-state index in [0.717, 1.165) is 63.8 Å². The van der Waals surface area contributed by atoms with E-state index >= 15 is 8.78 Å². The maximum atomic E-state index is 16.0. The van der Waals surface area contributed by atoms with Gasteiger partial charge in [0.05, 0.1) is 52.4 Å². The van der Waals surface area contributed by atoms with Gasteiger partial charge in [-0.1, -0.05) is 23.7 Å².